The van der Waals surface area contributed by atoms with Crippen LogP contribution in [0.15, 0.2) is 0 Å². The first kappa shape index (κ1) is 9.40. The predicted octanol–water partition coefficient (Wildman–Crippen LogP) is 1.38. The van der Waals surface area contributed by atoms with Crippen LogP contribution in [0, 0.1) is 18.8 Å². The van der Waals surface area contributed by atoms with E-state index >= 15 is 0 Å². The quantitative estimate of drug-likeness (QED) is 0.694. The fourth-order valence-corrected chi connectivity index (χ4v) is 3.23. The molecule has 1 aromatic rings. The van der Waals surface area contributed by atoms with E-state index in [1.54, 1.807) is 0 Å². The summed E-state index contributed by atoms with van der Waals surface area (Å²) in [4.78, 5) is 2.47. The summed E-state index contributed by atoms with van der Waals surface area (Å²) in [6.45, 7) is 4.67. The van der Waals surface area contributed by atoms with Crippen LogP contribution in [0.1, 0.15) is 23.4 Å². The topological polar surface area (TPSA) is 31.9 Å². The summed E-state index contributed by atoms with van der Waals surface area (Å²) in [5.74, 6) is 1.76. The summed E-state index contributed by atoms with van der Waals surface area (Å²) >= 11 is 0. The van der Waals surface area contributed by atoms with Crippen LogP contribution in [0.3, 0.4) is 0 Å². The minimum atomic E-state index is 0.868. The molecule has 0 radical (unpaired) electrons. The number of fused-ring (bicyclic) bond motifs is 2. The van der Waals surface area contributed by atoms with Gasteiger partial charge in [0.25, 0.3) is 0 Å². The minimum Gasteiger partial charge on any atom is -0.306 e. The molecule has 0 bridgehead atoms. The molecular formula is C12H19N3. The van der Waals surface area contributed by atoms with Crippen molar-refractivity contribution in [3.05, 3.63) is 17.0 Å². The molecule has 2 heterocycles. The zero-order valence-corrected chi connectivity index (χ0v) is 9.58. The van der Waals surface area contributed by atoms with Gasteiger partial charge in [0.2, 0.25) is 0 Å². The molecule has 3 nitrogen and oxygen atoms in total. The lowest BCUT2D eigenvalue weighted by atomic mass is 9.74. The Kier molecular flexibility index (Phi) is 2.09. The van der Waals surface area contributed by atoms with Crippen LogP contribution in [-0.4, -0.2) is 35.2 Å². The van der Waals surface area contributed by atoms with Crippen LogP contribution < -0.4 is 0 Å². The van der Waals surface area contributed by atoms with Crippen molar-refractivity contribution in [1.29, 1.82) is 0 Å². The molecule has 1 aromatic heterocycles. The van der Waals surface area contributed by atoms with Crippen molar-refractivity contribution in [1.82, 2.24) is 15.1 Å². The van der Waals surface area contributed by atoms with Gasteiger partial charge in [0, 0.05) is 12.2 Å². The predicted molar refractivity (Wildman–Crippen MR) is 59.8 cm³/mol. The average molecular weight is 205 g/mol. The Morgan fingerprint density at radius 2 is 2.20 bits per heavy atom. The summed E-state index contributed by atoms with van der Waals surface area (Å²) in [6.07, 6.45) is 3.83. The molecule has 3 rings (SSSR count). The number of likely N-dealkylation sites (tertiary alicyclic amines) is 1. The van der Waals surface area contributed by atoms with Crippen LogP contribution in [0.25, 0.3) is 0 Å². The Labute approximate surface area is 90.9 Å². The van der Waals surface area contributed by atoms with Crippen molar-refractivity contribution < 1.29 is 0 Å². The number of H-pyrrole nitrogens is 1. The number of nitrogens with zero attached hydrogens (tertiary/aromatic N) is 2. The number of hydrogen-bond acceptors (Lipinski definition) is 2. The molecular weight excluding hydrogens is 186 g/mol. The van der Waals surface area contributed by atoms with Gasteiger partial charge < -0.3 is 4.90 Å². The summed E-state index contributed by atoms with van der Waals surface area (Å²) in [5.41, 5.74) is 4.14. The lowest BCUT2D eigenvalue weighted by Crippen LogP contribution is -2.41. The molecule has 0 spiro atoms. The highest BCUT2D eigenvalue weighted by Crippen LogP contribution is 2.35. The smallest absolute Gasteiger partial charge is 0.0626 e. The number of aromatic nitrogens is 2. The fraction of sp³-hybridized carbons (Fsp3) is 0.750. The van der Waals surface area contributed by atoms with Crippen molar-refractivity contribution in [2.45, 2.75) is 26.2 Å². The third-order valence-electron chi connectivity index (χ3n) is 4.19. The Morgan fingerprint density at radius 1 is 1.33 bits per heavy atom. The monoisotopic (exact) mass is 205 g/mol. The Morgan fingerprint density at radius 3 is 3.07 bits per heavy atom. The maximum Gasteiger partial charge on any atom is 0.0626 e. The van der Waals surface area contributed by atoms with Gasteiger partial charge in [-0.1, -0.05) is 0 Å². The van der Waals surface area contributed by atoms with Gasteiger partial charge in [-0.15, -0.1) is 0 Å². The van der Waals surface area contributed by atoms with E-state index in [1.807, 2.05) is 0 Å². The average Bonchev–Trinajstić information content (AvgIpc) is 2.57. The lowest BCUT2D eigenvalue weighted by molar-refractivity contribution is 0.133. The number of hydrogen-bond donors (Lipinski definition) is 1. The molecule has 2 aliphatic rings. The first-order chi connectivity index (χ1) is 7.24. The van der Waals surface area contributed by atoms with Crippen molar-refractivity contribution >= 4 is 0 Å². The molecule has 15 heavy (non-hydrogen) atoms. The molecule has 1 saturated heterocycles. The van der Waals surface area contributed by atoms with E-state index in [1.165, 1.54) is 49.3 Å². The zero-order valence-electron chi connectivity index (χ0n) is 9.58. The van der Waals surface area contributed by atoms with Gasteiger partial charge >= 0.3 is 0 Å². The first-order valence-electron chi connectivity index (χ1n) is 5.95. The van der Waals surface area contributed by atoms with E-state index in [0.717, 1.165) is 11.8 Å². The molecule has 0 aromatic carbocycles. The normalized spacial score (nSPS) is 31.1. The van der Waals surface area contributed by atoms with Gasteiger partial charge in [0.1, 0.15) is 0 Å². The van der Waals surface area contributed by atoms with Gasteiger partial charge in [0.15, 0.2) is 0 Å². The SMILES string of the molecule is Cc1n[nH]c2c1C[C@H]1CN(C)CC[C@H]1C2. The summed E-state index contributed by atoms with van der Waals surface area (Å²) < 4.78 is 0. The van der Waals surface area contributed by atoms with E-state index in [-0.39, 0.29) is 0 Å². The number of rotatable bonds is 0. The maximum atomic E-state index is 4.34. The van der Waals surface area contributed by atoms with Crippen molar-refractivity contribution in [2.75, 3.05) is 20.1 Å². The number of aryl methyl sites for hydroxylation is 1. The lowest BCUT2D eigenvalue weighted by Gasteiger charge is -2.39. The number of nitrogens with one attached hydrogen (secondary N) is 1. The van der Waals surface area contributed by atoms with Crippen LogP contribution in [0.2, 0.25) is 0 Å². The highest BCUT2D eigenvalue weighted by molar-refractivity contribution is 5.28. The molecule has 0 amide bonds. The molecule has 1 N–H and O–H groups in total. The molecule has 82 valence electrons. The largest absolute Gasteiger partial charge is 0.306 e. The van der Waals surface area contributed by atoms with Gasteiger partial charge in [0.05, 0.1) is 5.69 Å². The summed E-state index contributed by atoms with van der Waals surface area (Å²) in [7, 11) is 2.24. The molecule has 1 aliphatic heterocycles. The second-order valence-corrected chi connectivity index (χ2v) is 5.25. The van der Waals surface area contributed by atoms with Gasteiger partial charge in [-0.25, -0.2) is 0 Å². The fourth-order valence-electron chi connectivity index (χ4n) is 3.23. The van der Waals surface area contributed by atoms with Crippen molar-refractivity contribution in [3.8, 4) is 0 Å². The van der Waals surface area contributed by atoms with E-state index in [9.17, 15) is 0 Å². The second kappa shape index (κ2) is 3.34. The van der Waals surface area contributed by atoms with Crippen molar-refractivity contribution in [2.24, 2.45) is 11.8 Å². The third kappa shape index (κ3) is 1.49. The van der Waals surface area contributed by atoms with Crippen LogP contribution >= 0.6 is 0 Å². The van der Waals surface area contributed by atoms with Crippen LogP contribution in [0.5, 0.6) is 0 Å². The van der Waals surface area contributed by atoms with Crippen LogP contribution in [0.4, 0.5) is 0 Å². The third-order valence-corrected chi connectivity index (χ3v) is 4.19. The van der Waals surface area contributed by atoms with E-state index < -0.39 is 0 Å². The van der Waals surface area contributed by atoms with Gasteiger partial charge in [-0.05, 0) is 57.2 Å². The highest BCUT2D eigenvalue weighted by Gasteiger charge is 2.33. The highest BCUT2D eigenvalue weighted by atomic mass is 15.1. The van der Waals surface area contributed by atoms with E-state index in [4.69, 9.17) is 0 Å². The number of aromatic amines is 1. The molecule has 3 heteroatoms. The minimum absolute atomic E-state index is 0.868. The van der Waals surface area contributed by atoms with Crippen molar-refractivity contribution in [3.63, 3.8) is 0 Å². The molecule has 1 fully saturated rings. The zero-order chi connectivity index (χ0) is 10.4. The first-order valence-corrected chi connectivity index (χ1v) is 5.95. The maximum absolute atomic E-state index is 4.34. The molecule has 1 aliphatic carbocycles. The van der Waals surface area contributed by atoms with E-state index in [0.29, 0.717) is 0 Å². The molecule has 2 atom stereocenters. The Hall–Kier alpha value is -0.830. The Balaban J connectivity index is 1.88. The Bertz CT molecular complexity index is 369. The van der Waals surface area contributed by atoms with Gasteiger partial charge in [-0.2, -0.15) is 5.10 Å². The summed E-state index contributed by atoms with van der Waals surface area (Å²) in [6, 6.07) is 0. The number of piperidine rings is 1. The van der Waals surface area contributed by atoms with Gasteiger partial charge in [-0.3, -0.25) is 5.10 Å². The summed E-state index contributed by atoms with van der Waals surface area (Å²) in [5, 5.41) is 7.54. The standard InChI is InChI=1S/C12H19N3/c1-8-11-5-10-7-15(2)4-3-9(10)6-12(11)14-13-8/h9-10H,3-7H2,1-2H3,(H,13,14)/t9-,10-/m0/s1. The molecule has 0 unspecified atom stereocenters. The second-order valence-electron chi connectivity index (χ2n) is 5.25. The van der Waals surface area contributed by atoms with Crippen LogP contribution in [-0.2, 0) is 12.8 Å². The van der Waals surface area contributed by atoms with E-state index in [2.05, 4.69) is 29.1 Å². The molecule has 0 saturated carbocycles.